The van der Waals surface area contributed by atoms with Gasteiger partial charge in [0, 0.05) is 29.6 Å². The predicted octanol–water partition coefficient (Wildman–Crippen LogP) is 4.24. The molecule has 0 bridgehead atoms. The maximum absolute atomic E-state index is 4.92. The second-order valence-electron chi connectivity index (χ2n) is 6.39. The molecule has 1 aromatic carbocycles. The number of hydrogen-bond acceptors (Lipinski definition) is 4. The van der Waals surface area contributed by atoms with Gasteiger partial charge in [0.1, 0.15) is 0 Å². The second kappa shape index (κ2) is 6.16. The number of benzene rings is 1. The van der Waals surface area contributed by atoms with E-state index in [4.69, 9.17) is 4.98 Å². The van der Waals surface area contributed by atoms with Crippen LogP contribution in [0.1, 0.15) is 36.9 Å². The Kier molecular flexibility index (Phi) is 4.69. The van der Waals surface area contributed by atoms with Gasteiger partial charge in [0.05, 0.1) is 5.69 Å². The summed E-state index contributed by atoms with van der Waals surface area (Å²) >= 11 is 1.77. The van der Waals surface area contributed by atoms with E-state index >= 15 is 0 Å². The lowest BCUT2D eigenvalue weighted by Gasteiger charge is -2.19. The van der Waals surface area contributed by atoms with Gasteiger partial charge < -0.3 is 10.2 Å². The molecule has 0 fully saturated rings. The Morgan fingerprint density at radius 3 is 2.48 bits per heavy atom. The van der Waals surface area contributed by atoms with Crippen molar-refractivity contribution in [3.63, 3.8) is 0 Å². The minimum absolute atomic E-state index is 0.0630. The van der Waals surface area contributed by atoms with Crippen LogP contribution in [0.15, 0.2) is 24.3 Å². The van der Waals surface area contributed by atoms with Crippen molar-refractivity contribution in [3.05, 3.63) is 40.4 Å². The molecule has 21 heavy (non-hydrogen) atoms. The lowest BCUT2D eigenvalue weighted by molar-refractivity contribution is 0.563. The minimum Gasteiger partial charge on any atom is -0.321 e. The highest BCUT2D eigenvalue weighted by Gasteiger charge is 2.24. The number of nitrogens with one attached hydrogen (secondary N) is 1. The van der Waals surface area contributed by atoms with Crippen LogP contribution in [0, 0.1) is 6.92 Å². The maximum Gasteiger partial charge on any atom is 0.190 e. The second-order valence-corrected chi connectivity index (χ2v) is 7.46. The van der Waals surface area contributed by atoms with Gasteiger partial charge in [0.2, 0.25) is 0 Å². The van der Waals surface area contributed by atoms with Crippen LogP contribution in [0.3, 0.4) is 0 Å². The van der Waals surface area contributed by atoms with Crippen molar-refractivity contribution in [1.29, 1.82) is 0 Å². The largest absolute Gasteiger partial charge is 0.321 e. The quantitative estimate of drug-likeness (QED) is 0.916. The molecule has 0 atom stereocenters. The van der Waals surface area contributed by atoms with Crippen LogP contribution in [0.4, 0.5) is 10.8 Å². The first kappa shape index (κ1) is 16.0. The van der Waals surface area contributed by atoms with Gasteiger partial charge in [-0.3, -0.25) is 0 Å². The lowest BCUT2D eigenvalue weighted by Crippen LogP contribution is -2.17. The summed E-state index contributed by atoms with van der Waals surface area (Å²) in [6.07, 6.45) is 0. The van der Waals surface area contributed by atoms with Crippen LogP contribution in [0.25, 0.3) is 0 Å². The average molecular weight is 303 g/mol. The smallest absolute Gasteiger partial charge is 0.190 e. The standard InChI is InChI=1S/C17H25N3S/c1-12-9-7-8-10-13(12)20(6)16-19-15(17(2,3)4)14(21-16)11-18-5/h7-10,18H,11H2,1-6H3. The Balaban J connectivity index is 2.43. The van der Waals surface area contributed by atoms with Gasteiger partial charge >= 0.3 is 0 Å². The van der Waals surface area contributed by atoms with Crippen molar-refractivity contribution >= 4 is 22.2 Å². The van der Waals surface area contributed by atoms with E-state index in [1.807, 2.05) is 7.05 Å². The van der Waals surface area contributed by atoms with E-state index in [0.29, 0.717) is 0 Å². The van der Waals surface area contributed by atoms with Crippen LogP contribution in [0.5, 0.6) is 0 Å². The van der Waals surface area contributed by atoms with Crippen molar-refractivity contribution in [2.24, 2.45) is 0 Å². The first-order chi connectivity index (χ1) is 9.84. The highest BCUT2D eigenvalue weighted by molar-refractivity contribution is 7.15. The summed E-state index contributed by atoms with van der Waals surface area (Å²) in [5, 5.41) is 4.31. The number of thiazole rings is 1. The summed E-state index contributed by atoms with van der Waals surface area (Å²) in [6, 6.07) is 8.43. The highest BCUT2D eigenvalue weighted by Crippen LogP contribution is 2.36. The molecule has 2 rings (SSSR count). The Morgan fingerprint density at radius 2 is 1.90 bits per heavy atom. The molecule has 0 aliphatic rings. The zero-order chi connectivity index (χ0) is 15.6. The molecule has 114 valence electrons. The van der Waals surface area contributed by atoms with Crippen molar-refractivity contribution < 1.29 is 0 Å². The van der Waals surface area contributed by atoms with Crippen LogP contribution in [-0.4, -0.2) is 19.1 Å². The molecule has 0 saturated heterocycles. The van der Waals surface area contributed by atoms with E-state index in [0.717, 1.165) is 11.7 Å². The topological polar surface area (TPSA) is 28.2 Å². The molecule has 1 aromatic heterocycles. The molecule has 0 aliphatic heterocycles. The molecule has 1 N–H and O–H groups in total. The number of rotatable bonds is 4. The molecule has 3 nitrogen and oxygen atoms in total. The molecule has 0 amide bonds. The minimum atomic E-state index is 0.0630. The first-order valence-electron chi connectivity index (χ1n) is 7.28. The van der Waals surface area contributed by atoms with Crippen LogP contribution in [0.2, 0.25) is 0 Å². The Labute approximate surface area is 132 Å². The fourth-order valence-corrected chi connectivity index (χ4v) is 3.65. The zero-order valence-electron chi connectivity index (χ0n) is 13.8. The number of aryl methyl sites for hydroxylation is 1. The zero-order valence-corrected chi connectivity index (χ0v) is 14.6. The van der Waals surface area contributed by atoms with E-state index in [-0.39, 0.29) is 5.41 Å². The third-order valence-electron chi connectivity index (χ3n) is 3.50. The monoisotopic (exact) mass is 303 g/mol. The number of para-hydroxylation sites is 1. The van der Waals surface area contributed by atoms with Crippen LogP contribution in [-0.2, 0) is 12.0 Å². The van der Waals surface area contributed by atoms with Crippen molar-refractivity contribution in [2.75, 3.05) is 19.0 Å². The maximum atomic E-state index is 4.92. The molecule has 0 radical (unpaired) electrons. The average Bonchev–Trinajstić information content (AvgIpc) is 2.83. The number of hydrogen-bond donors (Lipinski definition) is 1. The number of anilines is 2. The molecular weight excluding hydrogens is 278 g/mol. The predicted molar refractivity (Wildman–Crippen MR) is 92.8 cm³/mol. The van der Waals surface area contributed by atoms with Gasteiger partial charge in [-0.15, -0.1) is 0 Å². The molecule has 0 saturated carbocycles. The number of nitrogens with zero attached hydrogens (tertiary/aromatic N) is 2. The van der Waals surface area contributed by atoms with E-state index in [1.165, 1.54) is 21.8 Å². The Morgan fingerprint density at radius 1 is 1.24 bits per heavy atom. The number of aromatic nitrogens is 1. The summed E-state index contributed by atoms with van der Waals surface area (Å²) in [6.45, 7) is 9.67. The SMILES string of the molecule is CNCc1sc(N(C)c2ccccc2C)nc1C(C)(C)C. The fourth-order valence-electron chi connectivity index (χ4n) is 2.39. The molecule has 1 heterocycles. The lowest BCUT2D eigenvalue weighted by atomic mass is 9.91. The van der Waals surface area contributed by atoms with Gasteiger partial charge in [-0.2, -0.15) is 0 Å². The van der Waals surface area contributed by atoms with Crippen molar-refractivity contribution in [1.82, 2.24) is 10.3 Å². The molecular formula is C17H25N3S. The van der Waals surface area contributed by atoms with Crippen LogP contribution < -0.4 is 10.2 Å². The Bertz CT molecular complexity index is 611. The third-order valence-corrected chi connectivity index (χ3v) is 4.63. The Hall–Kier alpha value is -1.39. The molecule has 0 aliphatic carbocycles. The van der Waals surface area contributed by atoms with E-state index in [2.05, 4.69) is 69.2 Å². The van der Waals surface area contributed by atoms with E-state index < -0.39 is 0 Å². The third kappa shape index (κ3) is 3.44. The summed E-state index contributed by atoms with van der Waals surface area (Å²) in [4.78, 5) is 8.43. The molecule has 0 unspecified atom stereocenters. The van der Waals surface area contributed by atoms with Crippen molar-refractivity contribution in [2.45, 2.75) is 39.7 Å². The first-order valence-corrected chi connectivity index (χ1v) is 8.10. The molecule has 4 heteroatoms. The summed E-state index contributed by atoms with van der Waals surface area (Å²) in [5.41, 5.74) is 3.73. The van der Waals surface area contributed by atoms with Gasteiger partial charge in [-0.05, 0) is 25.6 Å². The summed E-state index contributed by atoms with van der Waals surface area (Å²) in [5.74, 6) is 0. The van der Waals surface area contributed by atoms with Crippen molar-refractivity contribution in [3.8, 4) is 0 Å². The van der Waals surface area contributed by atoms with Gasteiger partial charge in [0.25, 0.3) is 0 Å². The van der Waals surface area contributed by atoms with E-state index in [9.17, 15) is 0 Å². The van der Waals surface area contributed by atoms with E-state index in [1.54, 1.807) is 11.3 Å². The van der Waals surface area contributed by atoms with Crippen LogP contribution >= 0.6 is 11.3 Å². The summed E-state index contributed by atoms with van der Waals surface area (Å²) < 4.78 is 0. The van der Waals surface area contributed by atoms with Gasteiger partial charge in [0.15, 0.2) is 5.13 Å². The summed E-state index contributed by atoms with van der Waals surface area (Å²) in [7, 11) is 4.08. The molecule has 0 spiro atoms. The highest BCUT2D eigenvalue weighted by atomic mass is 32.1. The fraction of sp³-hybridized carbons (Fsp3) is 0.471. The normalized spacial score (nSPS) is 11.7. The molecule has 2 aromatic rings. The van der Waals surface area contributed by atoms with Gasteiger partial charge in [-0.25, -0.2) is 4.98 Å². The van der Waals surface area contributed by atoms with Gasteiger partial charge in [-0.1, -0.05) is 50.3 Å².